The molecule has 1 atom stereocenters. The van der Waals surface area contributed by atoms with Gasteiger partial charge < -0.3 is 19.1 Å². The zero-order valence-electron chi connectivity index (χ0n) is 14.0. The van der Waals surface area contributed by atoms with Gasteiger partial charge in [-0.3, -0.25) is 4.79 Å². The number of aliphatic hydroxyl groups excluding tert-OH is 1. The van der Waals surface area contributed by atoms with E-state index in [0.29, 0.717) is 16.7 Å². The van der Waals surface area contributed by atoms with E-state index in [0.717, 1.165) is 3.57 Å². The maximum absolute atomic E-state index is 12.7. The van der Waals surface area contributed by atoms with Gasteiger partial charge in [0.15, 0.2) is 0 Å². The SMILES string of the molecule is COC(=O)c1cn([C@H](CO)C(C)C)c2cc(OC)c(I)cc2c1=O. The summed E-state index contributed by atoms with van der Waals surface area (Å²) in [6.45, 7) is 3.81. The van der Waals surface area contributed by atoms with E-state index in [1.54, 1.807) is 23.8 Å². The first-order valence-electron chi connectivity index (χ1n) is 7.47. The first-order chi connectivity index (χ1) is 11.3. The second-order valence-electron chi connectivity index (χ2n) is 5.77. The number of benzene rings is 1. The van der Waals surface area contributed by atoms with Crippen molar-refractivity contribution in [1.29, 1.82) is 0 Å². The number of methoxy groups -OCH3 is 2. The summed E-state index contributed by atoms with van der Waals surface area (Å²) in [4.78, 5) is 24.7. The number of carbonyl (C=O) groups is 1. The van der Waals surface area contributed by atoms with Gasteiger partial charge in [-0.15, -0.1) is 0 Å². The van der Waals surface area contributed by atoms with Gasteiger partial charge in [0, 0.05) is 17.6 Å². The fraction of sp³-hybridized carbons (Fsp3) is 0.412. The minimum Gasteiger partial charge on any atom is -0.496 e. The molecule has 0 aliphatic carbocycles. The van der Waals surface area contributed by atoms with Crippen molar-refractivity contribution in [2.75, 3.05) is 20.8 Å². The van der Waals surface area contributed by atoms with Crippen LogP contribution in [0.5, 0.6) is 5.75 Å². The molecule has 2 aromatic rings. The highest BCUT2D eigenvalue weighted by molar-refractivity contribution is 14.1. The van der Waals surface area contributed by atoms with E-state index in [1.807, 2.05) is 13.8 Å². The zero-order chi connectivity index (χ0) is 18.0. The van der Waals surface area contributed by atoms with Crippen LogP contribution in [0.4, 0.5) is 0 Å². The summed E-state index contributed by atoms with van der Waals surface area (Å²) in [5, 5.41) is 10.2. The van der Waals surface area contributed by atoms with Gasteiger partial charge in [-0.05, 0) is 34.6 Å². The second kappa shape index (κ2) is 7.52. The molecule has 1 aromatic heterocycles. The van der Waals surface area contributed by atoms with Crippen molar-refractivity contribution in [2.45, 2.75) is 19.9 Å². The molecule has 1 heterocycles. The van der Waals surface area contributed by atoms with E-state index < -0.39 is 11.4 Å². The Balaban J connectivity index is 2.94. The molecule has 0 aliphatic heterocycles. The van der Waals surface area contributed by atoms with Gasteiger partial charge in [0.1, 0.15) is 11.3 Å². The number of ether oxygens (including phenoxy) is 2. The molecule has 7 heteroatoms. The third kappa shape index (κ3) is 3.27. The third-order valence-corrected chi connectivity index (χ3v) is 4.87. The Kier molecular flexibility index (Phi) is 5.87. The quantitative estimate of drug-likeness (QED) is 0.566. The van der Waals surface area contributed by atoms with Crippen molar-refractivity contribution in [2.24, 2.45) is 5.92 Å². The summed E-state index contributed by atoms with van der Waals surface area (Å²) < 4.78 is 12.6. The first-order valence-corrected chi connectivity index (χ1v) is 8.55. The van der Waals surface area contributed by atoms with E-state index in [-0.39, 0.29) is 24.1 Å². The second-order valence-corrected chi connectivity index (χ2v) is 6.93. The molecule has 0 bridgehead atoms. The van der Waals surface area contributed by atoms with Gasteiger partial charge in [0.25, 0.3) is 0 Å². The number of esters is 1. The molecule has 2 rings (SSSR count). The van der Waals surface area contributed by atoms with Crippen molar-refractivity contribution in [3.8, 4) is 5.75 Å². The number of aromatic nitrogens is 1. The molecule has 6 nitrogen and oxygen atoms in total. The summed E-state index contributed by atoms with van der Waals surface area (Å²) in [6.07, 6.45) is 1.46. The highest BCUT2D eigenvalue weighted by atomic mass is 127. The predicted molar refractivity (Wildman–Crippen MR) is 99.8 cm³/mol. The lowest BCUT2D eigenvalue weighted by molar-refractivity contribution is 0.0597. The smallest absolute Gasteiger partial charge is 0.343 e. The van der Waals surface area contributed by atoms with E-state index in [4.69, 9.17) is 9.47 Å². The largest absolute Gasteiger partial charge is 0.496 e. The normalized spacial score (nSPS) is 12.5. The molecular formula is C17H20INO5. The Morgan fingerprint density at radius 1 is 1.33 bits per heavy atom. The number of aliphatic hydroxyl groups is 1. The summed E-state index contributed by atoms with van der Waals surface area (Å²) in [5.74, 6) is 0.0286. The van der Waals surface area contributed by atoms with Crippen LogP contribution in [0.25, 0.3) is 10.9 Å². The van der Waals surface area contributed by atoms with Crippen molar-refractivity contribution in [3.63, 3.8) is 0 Å². The summed E-state index contributed by atoms with van der Waals surface area (Å²) in [5.41, 5.74) is 0.164. The molecule has 0 radical (unpaired) electrons. The molecule has 1 N–H and O–H groups in total. The number of hydrogen-bond donors (Lipinski definition) is 1. The molecule has 0 saturated heterocycles. The Hall–Kier alpha value is -1.61. The van der Waals surface area contributed by atoms with Crippen LogP contribution < -0.4 is 10.2 Å². The molecule has 0 unspecified atom stereocenters. The first kappa shape index (κ1) is 18.7. The molecule has 0 aliphatic rings. The average molecular weight is 445 g/mol. The van der Waals surface area contributed by atoms with Gasteiger partial charge in [-0.2, -0.15) is 0 Å². The van der Waals surface area contributed by atoms with Crippen LogP contribution in [0.15, 0.2) is 23.1 Å². The Morgan fingerprint density at radius 3 is 2.50 bits per heavy atom. The van der Waals surface area contributed by atoms with Crippen LogP contribution in [-0.2, 0) is 4.74 Å². The standard InChI is InChI=1S/C17H20INO5/c1-9(2)14(8-20)19-7-11(17(22)24-4)16(21)10-5-12(18)15(23-3)6-13(10)19/h5-7,9,14,20H,8H2,1-4H3/t14-/m1/s1. The summed E-state index contributed by atoms with van der Waals surface area (Å²) in [7, 11) is 2.79. The molecule has 1 aromatic carbocycles. The van der Waals surface area contributed by atoms with Crippen LogP contribution in [0.3, 0.4) is 0 Å². The van der Waals surface area contributed by atoms with E-state index in [9.17, 15) is 14.7 Å². The Morgan fingerprint density at radius 2 is 2.00 bits per heavy atom. The van der Waals surface area contributed by atoms with Crippen LogP contribution in [0, 0.1) is 9.49 Å². The van der Waals surface area contributed by atoms with Crippen molar-refractivity contribution in [1.82, 2.24) is 4.57 Å². The Labute approximate surface area is 153 Å². The number of rotatable bonds is 5. The molecule has 130 valence electrons. The van der Waals surface area contributed by atoms with Gasteiger partial charge in [-0.25, -0.2) is 4.79 Å². The predicted octanol–water partition coefficient (Wildman–Crippen LogP) is 2.59. The van der Waals surface area contributed by atoms with Gasteiger partial charge in [0.05, 0.1) is 36.0 Å². The van der Waals surface area contributed by atoms with Gasteiger partial charge in [0.2, 0.25) is 5.43 Å². The molecule has 0 saturated carbocycles. The third-order valence-electron chi connectivity index (χ3n) is 4.02. The number of fused-ring (bicyclic) bond motifs is 1. The molecule has 0 spiro atoms. The number of hydrogen-bond acceptors (Lipinski definition) is 5. The Bertz CT molecular complexity index is 828. The number of carbonyl (C=O) groups excluding carboxylic acids is 1. The van der Waals surface area contributed by atoms with E-state index in [2.05, 4.69) is 22.6 Å². The van der Waals surface area contributed by atoms with Crippen molar-refractivity contribution < 1.29 is 19.4 Å². The monoisotopic (exact) mass is 445 g/mol. The summed E-state index contributed by atoms with van der Waals surface area (Å²) >= 11 is 2.08. The lowest BCUT2D eigenvalue weighted by Crippen LogP contribution is -2.26. The van der Waals surface area contributed by atoms with Gasteiger partial charge in [-0.1, -0.05) is 13.8 Å². The average Bonchev–Trinajstić information content (AvgIpc) is 2.56. The number of pyridine rings is 1. The van der Waals surface area contributed by atoms with Crippen LogP contribution in [0.2, 0.25) is 0 Å². The maximum atomic E-state index is 12.7. The highest BCUT2D eigenvalue weighted by Gasteiger charge is 2.22. The zero-order valence-corrected chi connectivity index (χ0v) is 16.2. The van der Waals surface area contributed by atoms with Crippen molar-refractivity contribution in [3.05, 3.63) is 37.7 Å². The maximum Gasteiger partial charge on any atom is 0.343 e. The fourth-order valence-corrected chi connectivity index (χ4v) is 3.34. The van der Waals surface area contributed by atoms with Crippen LogP contribution in [-0.4, -0.2) is 36.5 Å². The molecule has 0 fully saturated rings. The van der Waals surface area contributed by atoms with Crippen LogP contribution in [0.1, 0.15) is 30.2 Å². The lowest BCUT2D eigenvalue weighted by Gasteiger charge is -2.25. The number of halogens is 1. The van der Waals surface area contributed by atoms with Crippen molar-refractivity contribution >= 4 is 39.5 Å². The number of nitrogens with zero attached hydrogens (tertiary/aromatic N) is 1. The van der Waals surface area contributed by atoms with E-state index >= 15 is 0 Å². The van der Waals surface area contributed by atoms with Crippen LogP contribution >= 0.6 is 22.6 Å². The summed E-state index contributed by atoms with van der Waals surface area (Å²) in [6, 6.07) is 3.15. The fourth-order valence-electron chi connectivity index (χ4n) is 2.66. The van der Waals surface area contributed by atoms with Gasteiger partial charge >= 0.3 is 5.97 Å². The minimum absolute atomic E-state index is 0.0509. The highest BCUT2D eigenvalue weighted by Crippen LogP contribution is 2.29. The lowest BCUT2D eigenvalue weighted by atomic mass is 10.0. The molecule has 0 amide bonds. The molecular weight excluding hydrogens is 425 g/mol. The topological polar surface area (TPSA) is 77.8 Å². The molecule has 24 heavy (non-hydrogen) atoms. The van der Waals surface area contributed by atoms with E-state index in [1.165, 1.54) is 13.3 Å². The minimum atomic E-state index is -0.693.